The van der Waals surface area contributed by atoms with Gasteiger partial charge in [0.1, 0.15) is 19.0 Å². The predicted molar refractivity (Wildman–Crippen MR) is 95.8 cm³/mol. The molecule has 0 saturated carbocycles. The summed E-state index contributed by atoms with van der Waals surface area (Å²) in [5.41, 5.74) is 1.42. The summed E-state index contributed by atoms with van der Waals surface area (Å²) >= 11 is 0. The Balaban J connectivity index is 1.69. The molecule has 0 saturated heterocycles. The molecule has 1 N–H and O–H groups in total. The van der Waals surface area contributed by atoms with Crippen molar-refractivity contribution >= 4 is 5.91 Å². The van der Waals surface area contributed by atoms with Gasteiger partial charge in [-0.3, -0.25) is 4.79 Å². The zero-order chi connectivity index (χ0) is 17.9. The highest BCUT2D eigenvalue weighted by Crippen LogP contribution is 2.34. The number of methoxy groups -OCH3 is 1. The van der Waals surface area contributed by atoms with Gasteiger partial charge in [-0.1, -0.05) is 26.0 Å². The van der Waals surface area contributed by atoms with Crippen molar-refractivity contribution < 1.29 is 19.0 Å². The second-order valence-electron chi connectivity index (χ2n) is 6.66. The molecule has 0 radical (unpaired) electrons. The molecule has 5 nitrogen and oxygen atoms in total. The van der Waals surface area contributed by atoms with Crippen LogP contribution in [-0.4, -0.2) is 32.8 Å². The Morgan fingerprint density at radius 2 is 1.88 bits per heavy atom. The molecule has 0 atom stereocenters. The highest BCUT2D eigenvalue weighted by molar-refractivity contribution is 5.94. The van der Waals surface area contributed by atoms with E-state index in [0.29, 0.717) is 31.1 Å². The number of hydrogen-bond donors (Lipinski definition) is 1. The molecule has 0 unspecified atom stereocenters. The van der Waals surface area contributed by atoms with Crippen molar-refractivity contribution in [1.82, 2.24) is 5.32 Å². The number of amides is 1. The van der Waals surface area contributed by atoms with E-state index in [1.165, 1.54) is 0 Å². The maximum Gasteiger partial charge on any atom is 0.251 e. The van der Waals surface area contributed by atoms with Crippen molar-refractivity contribution in [2.45, 2.75) is 19.3 Å². The molecule has 1 amide bonds. The van der Waals surface area contributed by atoms with Crippen molar-refractivity contribution in [3.63, 3.8) is 0 Å². The van der Waals surface area contributed by atoms with Crippen LogP contribution in [0.2, 0.25) is 0 Å². The molecule has 3 rings (SSSR count). The third kappa shape index (κ3) is 3.87. The first-order valence-electron chi connectivity index (χ1n) is 8.32. The molecule has 0 aromatic heterocycles. The zero-order valence-electron chi connectivity index (χ0n) is 14.8. The summed E-state index contributed by atoms with van der Waals surface area (Å²) in [5.74, 6) is 2.07. The number of rotatable bonds is 5. The summed E-state index contributed by atoms with van der Waals surface area (Å²) in [6.07, 6.45) is 0. The largest absolute Gasteiger partial charge is 0.497 e. The minimum atomic E-state index is -0.246. The van der Waals surface area contributed by atoms with Gasteiger partial charge in [0.05, 0.1) is 7.11 Å². The first-order chi connectivity index (χ1) is 12.0. The Bertz CT molecular complexity index is 770. The summed E-state index contributed by atoms with van der Waals surface area (Å²) in [6, 6.07) is 13.1. The summed E-state index contributed by atoms with van der Waals surface area (Å²) < 4.78 is 16.4. The van der Waals surface area contributed by atoms with Crippen LogP contribution in [0.25, 0.3) is 0 Å². The Morgan fingerprint density at radius 1 is 1.12 bits per heavy atom. The van der Waals surface area contributed by atoms with E-state index < -0.39 is 0 Å². The molecule has 2 aromatic rings. The van der Waals surface area contributed by atoms with E-state index in [2.05, 4.69) is 19.2 Å². The minimum absolute atomic E-state index is 0.121. The summed E-state index contributed by atoms with van der Waals surface area (Å²) in [7, 11) is 1.59. The fraction of sp³-hybridized carbons (Fsp3) is 0.350. The molecular weight excluding hydrogens is 318 g/mol. The number of ether oxygens (including phenoxy) is 3. The van der Waals surface area contributed by atoms with Gasteiger partial charge >= 0.3 is 0 Å². The lowest BCUT2D eigenvalue weighted by Crippen LogP contribution is -2.36. The van der Waals surface area contributed by atoms with E-state index in [4.69, 9.17) is 14.2 Å². The van der Waals surface area contributed by atoms with Crippen LogP contribution < -0.4 is 19.5 Å². The Kier molecular flexibility index (Phi) is 4.83. The van der Waals surface area contributed by atoms with Gasteiger partial charge in [-0.15, -0.1) is 0 Å². The van der Waals surface area contributed by atoms with Crippen LogP contribution in [0, 0.1) is 0 Å². The maximum absolute atomic E-state index is 12.4. The predicted octanol–water partition coefficient (Wildman–Crippen LogP) is 3.17. The van der Waals surface area contributed by atoms with Gasteiger partial charge in [-0.25, -0.2) is 0 Å². The van der Waals surface area contributed by atoms with Gasteiger partial charge in [0.2, 0.25) is 0 Å². The monoisotopic (exact) mass is 341 g/mol. The van der Waals surface area contributed by atoms with Crippen LogP contribution in [0.3, 0.4) is 0 Å². The number of nitrogens with one attached hydrogen (secondary N) is 1. The van der Waals surface area contributed by atoms with Gasteiger partial charge in [-0.05, 0) is 35.9 Å². The lowest BCUT2D eigenvalue weighted by atomic mass is 9.84. The van der Waals surface area contributed by atoms with Gasteiger partial charge < -0.3 is 19.5 Å². The number of carbonyl (C=O) groups is 1. The minimum Gasteiger partial charge on any atom is -0.497 e. The average molecular weight is 341 g/mol. The molecule has 25 heavy (non-hydrogen) atoms. The molecule has 0 bridgehead atoms. The van der Waals surface area contributed by atoms with E-state index >= 15 is 0 Å². The molecule has 0 aliphatic carbocycles. The van der Waals surface area contributed by atoms with E-state index in [9.17, 15) is 4.79 Å². The van der Waals surface area contributed by atoms with E-state index in [1.54, 1.807) is 25.3 Å². The van der Waals surface area contributed by atoms with Crippen molar-refractivity contribution in [1.29, 1.82) is 0 Å². The molecule has 5 heteroatoms. The fourth-order valence-electron chi connectivity index (χ4n) is 2.73. The van der Waals surface area contributed by atoms with Gasteiger partial charge in [0.15, 0.2) is 11.5 Å². The second kappa shape index (κ2) is 7.05. The molecule has 2 aromatic carbocycles. The smallest absolute Gasteiger partial charge is 0.251 e. The highest BCUT2D eigenvalue weighted by Gasteiger charge is 2.24. The van der Waals surface area contributed by atoms with Crippen LogP contribution in [0.15, 0.2) is 42.5 Å². The topological polar surface area (TPSA) is 56.8 Å². The van der Waals surface area contributed by atoms with Gasteiger partial charge in [0, 0.05) is 17.5 Å². The SMILES string of the molecule is COc1cccc(C(=O)NCC(C)(C)c2ccc3c(c2)OCCO3)c1. The molecule has 1 aliphatic rings. The molecule has 1 aliphatic heterocycles. The first-order valence-corrected chi connectivity index (χ1v) is 8.32. The van der Waals surface area contributed by atoms with Crippen molar-refractivity contribution in [2.24, 2.45) is 0 Å². The Labute approximate surface area is 147 Å². The van der Waals surface area contributed by atoms with Crippen LogP contribution in [0.4, 0.5) is 0 Å². The maximum atomic E-state index is 12.4. The molecule has 1 heterocycles. The van der Waals surface area contributed by atoms with Crippen molar-refractivity contribution in [3.05, 3.63) is 53.6 Å². The molecule has 132 valence electrons. The third-order valence-electron chi connectivity index (χ3n) is 4.35. The number of benzene rings is 2. The van der Waals surface area contributed by atoms with Crippen LogP contribution in [0.5, 0.6) is 17.2 Å². The third-order valence-corrected chi connectivity index (χ3v) is 4.35. The molecule has 0 spiro atoms. The Morgan fingerprint density at radius 3 is 2.64 bits per heavy atom. The highest BCUT2D eigenvalue weighted by atomic mass is 16.6. The normalized spacial score (nSPS) is 13.2. The number of carbonyl (C=O) groups excluding carboxylic acids is 1. The van der Waals surface area contributed by atoms with Crippen molar-refractivity contribution in [3.8, 4) is 17.2 Å². The number of fused-ring (bicyclic) bond motifs is 1. The van der Waals surface area contributed by atoms with Crippen molar-refractivity contribution in [2.75, 3.05) is 26.9 Å². The van der Waals surface area contributed by atoms with E-state index in [0.717, 1.165) is 17.1 Å². The van der Waals surface area contributed by atoms with Crippen LogP contribution >= 0.6 is 0 Å². The van der Waals surface area contributed by atoms with Gasteiger partial charge in [0.25, 0.3) is 5.91 Å². The second-order valence-corrected chi connectivity index (χ2v) is 6.66. The lowest BCUT2D eigenvalue weighted by Gasteiger charge is -2.28. The standard InChI is InChI=1S/C20H23NO4/c1-20(2,15-7-8-17-18(12-15)25-10-9-24-17)13-21-19(22)14-5-4-6-16(11-14)23-3/h4-8,11-12H,9-10,13H2,1-3H3,(H,21,22). The van der Waals surface area contributed by atoms with E-state index in [-0.39, 0.29) is 11.3 Å². The summed E-state index contributed by atoms with van der Waals surface area (Å²) in [6.45, 7) is 5.81. The Hall–Kier alpha value is -2.69. The lowest BCUT2D eigenvalue weighted by molar-refractivity contribution is 0.0945. The molecular formula is C20H23NO4. The van der Waals surface area contributed by atoms with Crippen LogP contribution in [0.1, 0.15) is 29.8 Å². The first kappa shape index (κ1) is 17.1. The number of hydrogen-bond acceptors (Lipinski definition) is 4. The van der Waals surface area contributed by atoms with E-state index in [1.807, 2.05) is 24.3 Å². The fourth-order valence-corrected chi connectivity index (χ4v) is 2.73. The summed E-state index contributed by atoms with van der Waals surface area (Å²) in [5, 5.41) is 3.00. The van der Waals surface area contributed by atoms with Crippen LogP contribution in [-0.2, 0) is 5.41 Å². The zero-order valence-corrected chi connectivity index (χ0v) is 14.8. The average Bonchev–Trinajstić information content (AvgIpc) is 2.65. The summed E-state index contributed by atoms with van der Waals surface area (Å²) in [4.78, 5) is 12.4. The molecule has 0 fully saturated rings. The quantitative estimate of drug-likeness (QED) is 0.907. The van der Waals surface area contributed by atoms with Gasteiger partial charge in [-0.2, -0.15) is 0 Å².